The van der Waals surface area contributed by atoms with Crippen LogP contribution in [0.1, 0.15) is 25.0 Å². The molecule has 140 valence electrons. The van der Waals surface area contributed by atoms with Gasteiger partial charge in [0, 0.05) is 18.7 Å². The van der Waals surface area contributed by atoms with E-state index in [1.54, 1.807) is 0 Å². The second-order valence-electron chi connectivity index (χ2n) is 6.38. The van der Waals surface area contributed by atoms with E-state index >= 15 is 0 Å². The number of nitrogens with zero attached hydrogens (tertiary/aromatic N) is 3. The van der Waals surface area contributed by atoms with Crippen molar-refractivity contribution in [3.63, 3.8) is 0 Å². The lowest BCUT2D eigenvalue weighted by atomic mass is 10.1. The van der Waals surface area contributed by atoms with Crippen molar-refractivity contribution in [3.05, 3.63) is 65.7 Å². The molecule has 0 bridgehead atoms. The second-order valence-corrected chi connectivity index (χ2v) is 7.69. The Balaban J connectivity index is 1.65. The zero-order valence-electron chi connectivity index (χ0n) is 15.8. The number of amides is 1. The summed E-state index contributed by atoms with van der Waals surface area (Å²) in [5, 5.41) is 12.1. The van der Waals surface area contributed by atoms with Crippen LogP contribution >= 0.6 is 11.8 Å². The molecular formula is C21H24N4OS. The molecule has 0 aliphatic carbocycles. The Morgan fingerprint density at radius 1 is 1.11 bits per heavy atom. The molecule has 3 rings (SSSR count). The van der Waals surface area contributed by atoms with E-state index in [0.29, 0.717) is 6.54 Å². The van der Waals surface area contributed by atoms with E-state index in [-0.39, 0.29) is 11.2 Å². The van der Waals surface area contributed by atoms with Crippen molar-refractivity contribution in [1.29, 1.82) is 0 Å². The van der Waals surface area contributed by atoms with E-state index in [1.807, 2.05) is 54.0 Å². The van der Waals surface area contributed by atoms with Crippen LogP contribution in [0.2, 0.25) is 0 Å². The zero-order valence-corrected chi connectivity index (χ0v) is 16.7. The van der Waals surface area contributed by atoms with Crippen molar-refractivity contribution in [2.24, 2.45) is 0 Å². The predicted octanol–water partition coefficient (Wildman–Crippen LogP) is 4.07. The standard InChI is InChI=1S/C21H24N4OS/c1-4-25-19(18-8-6-5-7-9-18)23-24-21(25)27-16(3)20(26)22-14-17-12-10-15(2)11-13-17/h5-13,16H,4,14H2,1-3H3,(H,22,26)/t16-/m1/s1. The minimum absolute atomic E-state index is 0.00695. The number of thioether (sulfide) groups is 1. The summed E-state index contributed by atoms with van der Waals surface area (Å²) in [6.07, 6.45) is 0. The van der Waals surface area contributed by atoms with Crippen LogP contribution in [-0.2, 0) is 17.9 Å². The highest BCUT2D eigenvalue weighted by Crippen LogP contribution is 2.26. The third-order valence-electron chi connectivity index (χ3n) is 4.30. The summed E-state index contributed by atoms with van der Waals surface area (Å²) in [4.78, 5) is 12.5. The Morgan fingerprint density at radius 2 is 1.81 bits per heavy atom. The van der Waals surface area contributed by atoms with E-state index in [9.17, 15) is 4.79 Å². The normalized spacial score (nSPS) is 12.0. The number of hydrogen-bond acceptors (Lipinski definition) is 4. The summed E-state index contributed by atoms with van der Waals surface area (Å²) in [5.41, 5.74) is 3.33. The number of aryl methyl sites for hydroxylation is 1. The molecule has 1 amide bonds. The van der Waals surface area contributed by atoms with Crippen LogP contribution in [-0.4, -0.2) is 25.9 Å². The number of hydrogen-bond donors (Lipinski definition) is 1. The summed E-state index contributed by atoms with van der Waals surface area (Å²) >= 11 is 1.43. The van der Waals surface area contributed by atoms with Gasteiger partial charge in [0.2, 0.25) is 5.91 Å². The maximum atomic E-state index is 12.5. The molecular weight excluding hydrogens is 356 g/mol. The lowest BCUT2D eigenvalue weighted by Crippen LogP contribution is -2.30. The van der Waals surface area contributed by atoms with Gasteiger partial charge in [-0.1, -0.05) is 71.9 Å². The van der Waals surface area contributed by atoms with Crippen LogP contribution in [0.15, 0.2) is 59.8 Å². The first-order chi connectivity index (χ1) is 13.1. The molecule has 0 saturated heterocycles. The van der Waals surface area contributed by atoms with E-state index in [1.165, 1.54) is 17.3 Å². The molecule has 0 aliphatic rings. The molecule has 0 radical (unpaired) electrons. The summed E-state index contributed by atoms with van der Waals surface area (Å²) in [7, 11) is 0. The van der Waals surface area contributed by atoms with Gasteiger partial charge in [0.05, 0.1) is 5.25 Å². The Labute approximate surface area is 164 Å². The molecule has 0 fully saturated rings. The van der Waals surface area contributed by atoms with Crippen LogP contribution in [0.4, 0.5) is 0 Å². The largest absolute Gasteiger partial charge is 0.351 e. The number of carbonyl (C=O) groups is 1. The molecule has 2 aromatic carbocycles. The number of aromatic nitrogens is 3. The SMILES string of the molecule is CCn1c(S[C@H](C)C(=O)NCc2ccc(C)cc2)nnc1-c1ccccc1. The maximum absolute atomic E-state index is 12.5. The topological polar surface area (TPSA) is 59.8 Å². The van der Waals surface area contributed by atoms with Gasteiger partial charge >= 0.3 is 0 Å². The van der Waals surface area contributed by atoms with Crippen molar-refractivity contribution in [2.75, 3.05) is 0 Å². The fraction of sp³-hybridized carbons (Fsp3) is 0.286. The molecule has 0 aliphatic heterocycles. The molecule has 1 aromatic heterocycles. The molecule has 0 saturated carbocycles. The van der Waals surface area contributed by atoms with Crippen molar-refractivity contribution >= 4 is 17.7 Å². The van der Waals surface area contributed by atoms with E-state index in [4.69, 9.17) is 0 Å². The van der Waals surface area contributed by atoms with Gasteiger partial charge in [-0.25, -0.2) is 0 Å². The molecule has 3 aromatic rings. The average Bonchev–Trinajstić information content (AvgIpc) is 3.10. The summed E-state index contributed by atoms with van der Waals surface area (Å²) < 4.78 is 2.05. The first kappa shape index (κ1) is 19.2. The molecule has 1 heterocycles. The zero-order chi connectivity index (χ0) is 19.2. The predicted molar refractivity (Wildman–Crippen MR) is 109 cm³/mol. The molecule has 0 spiro atoms. The van der Waals surface area contributed by atoms with Gasteiger partial charge in [-0.05, 0) is 26.3 Å². The maximum Gasteiger partial charge on any atom is 0.233 e. The van der Waals surface area contributed by atoms with Gasteiger partial charge in [-0.2, -0.15) is 0 Å². The van der Waals surface area contributed by atoms with Gasteiger partial charge in [0.1, 0.15) is 0 Å². The Kier molecular flexibility index (Phi) is 6.29. The van der Waals surface area contributed by atoms with Gasteiger partial charge in [0.25, 0.3) is 0 Å². The van der Waals surface area contributed by atoms with E-state index < -0.39 is 0 Å². The van der Waals surface area contributed by atoms with Crippen molar-refractivity contribution in [3.8, 4) is 11.4 Å². The highest BCUT2D eigenvalue weighted by atomic mass is 32.2. The highest BCUT2D eigenvalue weighted by molar-refractivity contribution is 8.00. The smallest absolute Gasteiger partial charge is 0.233 e. The Morgan fingerprint density at radius 3 is 2.48 bits per heavy atom. The van der Waals surface area contributed by atoms with Gasteiger partial charge in [-0.15, -0.1) is 10.2 Å². The van der Waals surface area contributed by atoms with Crippen LogP contribution in [0.3, 0.4) is 0 Å². The van der Waals surface area contributed by atoms with Crippen LogP contribution in [0.25, 0.3) is 11.4 Å². The first-order valence-corrected chi connectivity index (χ1v) is 9.95. The molecule has 1 N–H and O–H groups in total. The van der Waals surface area contributed by atoms with Crippen LogP contribution in [0, 0.1) is 6.92 Å². The van der Waals surface area contributed by atoms with E-state index in [0.717, 1.165) is 28.7 Å². The minimum Gasteiger partial charge on any atom is -0.351 e. The third-order valence-corrected chi connectivity index (χ3v) is 5.38. The monoisotopic (exact) mass is 380 g/mol. The van der Waals surface area contributed by atoms with Crippen LogP contribution < -0.4 is 5.32 Å². The van der Waals surface area contributed by atoms with Gasteiger partial charge in [-0.3, -0.25) is 4.79 Å². The Hall–Kier alpha value is -2.60. The molecule has 6 heteroatoms. The van der Waals surface area contributed by atoms with Gasteiger partial charge in [0.15, 0.2) is 11.0 Å². The average molecular weight is 381 g/mol. The molecule has 27 heavy (non-hydrogen) atoms. The Bertz CT molecular complexity index is 890. The fourth-order valence-electron chi connectivity index (χ4n) is 2.71. The summed E-state index contributed by atoms with van der Waals surface area (Å²) in [6, 6.07) is 18.1. The molecule has 1 atom stereocenters. The van der Waals surface area contributed by atoms with E-state index in [2.05, 4.69) is 41.5 Å². The third kappa shape index (κ3) is 4.77. The molecule has 0 unspecified atom stereocenters. The lowest BCUT2D eigenvalue weighted by Gasteiger charge is -2.13. The number of rotatable bonds is 7. The number of benzene rings is 2. The number of carbonyl (C=O) groups excluding carboxylic acids is 1. The summed E-state index contributed by atoms with van der Waals surface area (Å²) in [6.45, 7) is 7.28. The second kappa shape index (κ2) is 8.86. The minimum atomic E-state index is -0.256. The van der Waals surface area contributed by atoms with Crippen molar-refractivity contribution in [2.45, 2.75) is 44.3 Å². The lowest BCUT2D eigenvalue weighted by molar-refractivity contribution is -0.120. The van der Waals surface area contributed by atoms with Gasteiger partial charge < -0.3 is 9.88 Å². The summed E-state index contributed by atoms with van der Waals surface area (Å²) in [5.74, 6) is 0.820. The quantitative estimate of drug-likeness (QED) is 0.628. The highest BCUT2D eigenvalue weighted by Gasteiger charge is 2.20. The molecule has 5 nitrogen and oxygen atoms in total. The first-order valence-electron chi connectivity index (χ1n) is 9.07. The fourth-order valence-corrected chi connectivity index (χ4v) is 3.65. The van der Waals surface area contributed by atoms with Crippen LogP contribution in [0.5, 0.6) is 0 Å². The number of nitrogens with one attached hydrogen (secondary N) is 1. The van der Waals surface area contributed by atoms with Crippen molar-refractivity contribution in [1.82, 2.24) is 20.1 Å². The van der Waals surface area contributed by atoms with Crippen molar-refractivity contribution < 1.29 is 4.79 Å².